The van der Waals surface area contributed by atoms with Crippen LogP contribution in [-0.4, -0.2) is 6.36 Å². The molecule has 0 saturated heterocycles. The third-order valence-electron chi connectivity index (χ3n) is 6.91. The molecule has 0 bridgehead atoms. The molecule has 0 unspecified atom stereocenters. The summed E-state index contributed by atoms with van der Waals surface area (Å²) < 4.78 is 56.0. The van der Waals surface area contributed by atoms with E-state index >= 15 is 4.39 Å². The second-order valence-corrected chi connectivity index (χ2v) is 9.22. The van der Waals surface area contributed by atoms with Crippen LogP contribution in [0.5, 0.6) is 5.75 Å². The van der Waals surface area contributed by atoms with Crippen molar-refractivity contribution in [1.82, 2.24) is 0 Å². The van der Waals surface area contributed by atoms with Crippen molar-refractivity contribution in [2.45, 2.75) is 70.6 Å². The Labute approximate surface area is 192 Å². The molecule has 0 amide bonds. The predicted octanol–water partition coefficient (Wildman–Crippen LogP) is 8.74. The van der Waals surface area contributed by atoms with Crippen LogP contribution in [0.4, 0.5) is 17.6 Å². The molecule has 3 aromatic carbocycles. The van der Waals surface area contributed by atoms with Gasteiger partial charge in [-0.05, 0) is 84.6 Å². The summed E-state index contributed by atoms with van der Waals surface area (Å²) in [5.41, 5.74) is 2.76. The smallest absolute Gasteiger partial charge is 0.406 e. The Morgan fingerprint density at radius 2 is 1.61 bits per heavy atom. The Morgan fingerprint density at radius 3 is 2.27 bits per heavy atom. The third-order valence-corrected chi connectivity index (χ3v) is 6.91. The predicted molar refractivity (Wildman–Crippen MR) is 124 cm³/mol. The Kier molecular flexibility index (Phi) is 7.26. The number of alkyl halides is 3. The fourth-order valence-electron chi connectivity index (χ4n) is 5.13. The molecule has 0 radical (unpaired) electrons. The Hall–Kier alpha value is -2.56. The molecule has 0 spiro atoms. The van der Waals surface area contributed by atoms with Crippen LogP contribution in [-0.2, 0) is 12.8 Å². The molecule has 3 aromatic rings. The molecule has 0 heterocycles. The van der Waals surface area contributed by atoms with E-state index in [1.807, 2.05) is 18.2 Å². The van der Waals surface area contributed by atoms with Crippen molar-refractivity contribution >= 4 is 10.8 Å². The zero-order valence-electron chi connectivity index (χ0n) is 18.9. The lowest BCUT2D eigenvalue weighted by molar-refractivity contribution is -0.274. The van der Waals surface area contributed by atoms with Gasteiger partial charge in [-0.3, -0.25) is 0 Å². The number of halogens is 4. The summed E-state index contributed by atoms with van der Waals surface area (Å²) in [6.07, 6.45) is 3.88. The van der Waals surface area contributed by atoms with Crippen LogP contribution in [0.15, 0.2) is 54.6 Å². The largest absolute Gasteiger partial charge is 0.573 e. The Bertz CT molecular complexity index is 1060. The lowest BCUT2D eigenvalue weighted by Gasteiger charge is -2.28. The highest BCUT2D eigenvalue weighted by atomic mass is 19.4. The molecule has 0 atom stereocenters. The summed E-state index contributed by atoms with van der Waals surface area (Å²) in [6, 6.07) is 15.7. The zero-order valence-corrected chi connectivity index (χ0v) is 18.9. The highest BCUT2D eigenvalue weighted by Gasteiger charge is 2.31. The highest BCUT2D eigenvalue weighted by Crippen LogP contribution is 2.38. The third kappa shape index (κ3) is 6.07. The lowest BCUT2D eigenvalue weighted by atomic mass is 9.77. The molecule has 0 aromatic heterocycles. The minimum Gasteiger partial charge on any atom is -0.406 e. The maximum absolute atomic E-state index is 15.2. The quantitative estimate of drug-likeness (QED) is 0.322. The van der Waals surface area contributed by atoms with E-state index in [0.717, 1.165) is 16.9 Å². The van der Waals surface area contributed by atoms with E-state index in [1.165, 1.54) is 56.2 Å². The maximum Gasteiger partial charge on any atom is 0.573 e. The molecule has 1 aliphatic carbocycles. The minimum absolute atomic E-state index is 0.206. The minimum atomic E-state index is -4.70. The van der Waals surface area contributed by atoms with E-state index in [2.05, 4.69) is 23.8 Å². The topological polar surface area (TPSA) is 9.23 Å². The second-order valence-electron chi connectivity index (χ2n) is 9.22. The van der Waals surface area contributed by atoms with E-state index < -0.39 is 6.36 Å². The van der Waals surface area contributed by atoms with Crippen LogP contribution in [0.1, 0.15) is 68.1 Å². The van der Waals surface area contributed by atoms with Crippen molar-refractivity contribution in [3.8, 4) is 5.75 Å². The van der Waals surface area contributed by atoms with Crippen LogP contribution >= 0.6 is 0 Å². The zero-order chi connectivity index (χ0) is 23.4. The first-order valence-electron chi connectivity index (χ1n) is 11.9. The van der Waals surface area contributed by atoms with Gasteiger partial charge in [-0.2, -0.15) is 0 Å². The molecular weight excluding hydrogens is 428 g/mol. The standard InChI is InChI=1S/C28H30F4O/c1-2-3-19-4-9-21(10-5-19)23-14-17-26-24(18-23)13-12-22(27(26)29)11-6-20-7-15-25(16-8-20)33-28(30,31)32/h7-8,12-19,21H,2-6,9-11H2,1H3. The molecule has 1 fully saturated rings. The van der Waals surface area contributed by atoms with Crippen molar-refractivity contribution in [1.29, 1.82) is 0 Å². The fraction of sp³-hybridized carbons (Fsp3) is 0.429. The molecule has 1 nitrogen and oxygen atoms in total. The van der Waals surface area contributed by atoms with Gasteiger partial charge in [0.2, 0.25) is 0 Å². The van der Waals surface area contributed by atoms with Crippen LogP contribution in [0.25, 0.3) is 10.8 Å². The Morgan fingerprint density at radius 1 is 0.879 bits per heavy atom. The molecular formula is C28H30F4O. The average molecular weight is 459 g/mol. The molecule has 33 heavy (non-hydrogen) atoms. The number of hydrogen-bond acceptors (Lipinski definition) is 1. The molecule has 5 heteroatoms. The maximum atomic E-state index is 15.2. The summed E-state index contributed by atoms with van der Waals surface area (Å²) in [4.78, 5) is 0. The molecule has 4 rings (SSSR count). The molecule has 1 saturated carbocycles. The van der Waals surface area contributed by atoms with Crippen molar-refractivity contribution in [2.75, 3.05) is 0 Å². The fourth-order valence-corrected chi connectivity index (χ4v) is 5.13. The second kappa shape index (κ2) is 10.1. The normalized spacial score (nSPS) is 19.1. The monoisotopic (exact) mass is 458 g/mol. The van der Waals surface area contributed by atoms with Crippen LogP contribution < -0.4 is 4.74 Å². The van der Waals surface area contributed by atoms with Crippen molar-refractivity contribution in [2.24, 2.45) is 5.92 Å². The summed E-state index contributed by atoms with van der Waals surface area (Å²) in [6.45, 7) is 2.25. The van der Waals surface area contributed by atoms with Gasteiger partial charge in [0.1, 0.15) is 11.6 Å². The first-order valence-corrected chi connectivity index (χ1v) is 11.9. The van der Waals surface area contributed by atoms with Crippen LogP contribution in [0, 0.1) is 11.7 Å². The van der Waals surface area contributed by atoms with Gasteiger partial charge >= 0.3 is 6.36 Å². The van der Waals surface area contributed by atoms with Crippen molar-refractivity contribution in [3.05, 3.63) is 77.1 Å². The van der Waals surface area contributed by atoms with E-state index in [1.54, 1.807) is 12.1 Å². The van der Waals surface area contributed by atoms with E-state index in [-0.39, 0.29) is 11.6 Å². The van der Waals surface area contributed by atoms with Crippen LogP contribution in [0.3, 0.4) is 0 Å². The number of aryl methyl sites for hydroxylation is 2. The number of ether oxygens (including phenoxy) is 1. The van der Waals surface area contributed by atoms with Crippen LogP contribution in [0.2, 0.25) is 0 Å². The SMILES string of the molecule is CCCC1CCC(c2ccc3c(F)c(CCc4ccc(OC(F)(F)F)cc4)ccc3c2)CC1. The number of hydrogen-bond donors (Lipinski definition) is 0. The number of benzene rings is 3. The van der Waals surface area contributed by atoms with Crippen molar-refractivity contribution < 1.29 is 22.3 Å². The first kappa shape index (κ1) is 23.6. The van der Waals surface area contributed by atoms with Gasteiger partial charge in [0.05, 0.1) is 0 Å². The van der Waals surface area contributed by atoms with Gasteiger partial charge in [-0.15, -0.1) is 13.2 Å². The summed E-state index contributed by atoms with van der Waals surface area (Å²) >= 11 is 0. The summed E-state index contributed by atoms with van der Waals surface area (Å²) in [7, 11) is 0. The Balaban J connectivity index is 1.41. The van der Waals surface area contributed by atoms with Gasteiger partial charge in [0, 0.05) is 5.39 Å². The summed E-state index contributed by atoms with van der Waals surface area (Å²) in [5, 5.41) is 1.56. The van der Waals surface area contributed by atoms with Gasteiger partial charge in [0.15, 0.2) is 0 Å². The first-order chi connectivity index (χ1) is 15.8. The number of fused-ring (bicyclic) bond motifs is 1. The summed E-state index contributed by atoms with van der Waals surface area (Å²) in [5.74, 6) is 0.968. The lowest BCUT2D eigenvalue weighted by Crippen LogP contribution is -2.17. The van der Waals surface area contributed by atoms with E-state index in [9.17, 15) is 13.2 Å². The molecule has 1 aliphatic rings. The van der Waals surface area contributed by atoms with Gasteiger partial charge in [0.25, 0.3) is 0 Å². The highest BCUT2D eigenvalue weighted by molar-refractivity contribution is 5.84. The molecule has 0 aliphatic heterocycles. The number of rotatable bonds is 7. The van der Waals surface area contributed by atoms with Crippen molar-refractivity contribution in [3.63, 3.8) is 0 Å². The van der Waals surface area contributed by atoms with Gasteiger partial charge < -0.3 is 4.74 Å². The van der Waals surface area contributed by atoms with E-state index in [0.29, 0.717) is 29.7 Å². The van der Waals surface area contributed by atoms with E-state index in [4.69, 9.17) is 0 Å². The molecule has 0 N–H and O–H groups in total. The average Bonchev–Trinajstić information content (AvgIpc) is 2.79. The molecule has 176 valence electrons. The van der Waals surface area contributed by atoms with Gasteiger partial charge in [-0.1, -0.05) is 62.2 Å². The van der Waals surface area contributed by atoms with Gasteiger partial charge in [-0.25, -0.2) is 4.39 Å².